The average Bonchev–Trinajstić information content (AvgIpc) is 2.79. The zero-order valence-electron chi connectivity index (χ0n) is 20.8. The number of carbonyl (C=O) groups is 5. The smallest absolute Gasteiger partial charge is 0.326 e. The summed E-state index contributed by atoms with van der Waals surface area (Å²) in [5, 5.41) is 17.2. The zero-order valence-corrected chi connectivity index (χ0v) is 21.6. The van der Waals surface area contributed by atoms with Gasteiger partial charge in [0.25, 0.3) is 0 Å². The summed E-state index contributed by atoms with van der Waals surface area (Å²) in [7, 11) is 0. The Kier molecular flexibility index (Phi) is 15.2. The molecule has 0 aromatic carbocycles. The molecule has 0 fully saturated rings. The number of carboxylic acids is 1. The van der Waals surface area contributed by atoms with Crippen molar-refractivity contribution in [3.8, 4) is 0 Å². The minimum absolute atomic E-state index is 0.0678. The zero-order chi connectivity index (χ0) is 26.4. The minimum atomic E-state index is -1.16. The first-order chi connectivity index (χ1) is 15.9. The van der Waals surface area contributed by atoms with Gasteiger partial charge in [-0.05, 0) is 36.7 Å². The number of primary amides is 1. The predicted molar refractivity (Wildman–Crippen MR) is 132 cm³/mol. The summed E-state index contributed by atoms with van der Waals surface area (Å²) in [5.41, 5.74) is 11.1. The van der Waals surface area contributed by atoms with Crippen LogP contribution < -0.4 is 27.4 Å². The maximum Gasteiger partial charge on any atom is 0.326 e. The van der Waals surface area contributed by atoms with Crippen LogP contribution >= 0.6 is 11.8 Å². The van der Waals surface area contributed by atoms with E-state index in [1.165, 1.54) is 11.8 Å². The van der Waals surface area contributed by atoms with Crippen LogP contribution in [0.25, 0.3) is 0 Å². The van der Waals surface area contributed by atoms with Gasteiger partial charge >= 0.3 is 5.97 Å². The Bertz CT molecular complexity index is 707. The molecule has 11 nitrogen and oxygen atoms in total. The third kappa shape index (κ3) is 11.2. The van der Waals surface area contributed by atoms with E-state index >= 15 is 0 Å². The van der Waals surface area contributed by atoms with Crippen LogP contribution in [0.1, 0.15) is 59.8 Å². The molecular weight excluding hydrogens is 462 g/mol. The summed E-state index contributed by atoms with van der Waals surface area (Å²) in [4.78, 5) is 61.4. The Morgan fingerprint density at radius 1 is 0.853 bits per heavy atom. The van der Waals surface area contributed by atoms with Crippen LogP contribution in [0, 0.1) is 11.8 Å². The van der Waals surface area contributed by atoms with E-state index in [0.717, 1.165) is 0 Å². The number of rotatable bonds is 17. The SMILES string of the molecule is CCC(C)C(NC(=O)C(NC(=O)C(CCC(N)=O)NC(=O)C(N)CCSC)C(C)CC)C(=O)O. The standard InChI is InChI=1S/C22H41N5O6S/c1-6-12(3)17(21(31)27-18(22(32)33)13(4)7-2)26-20(30)15(8-9-16(24)28)25-19(29)14(23)10-11-34-5/h12-15,17-18H,6-11,23H2,1-5H3,(H2,24,28)(H,25,29)(H,26,30)(H,27,31)(H,32,33). The van der Waals surface area contributed by atoms with Crippen LogP contribution in [0.3, 0.4) is 0 Å². The van der Waals surface area contributed by atoms with Crippen LogP contribution in [0.15, 0.2) is 0 Å². The highest BCUT2D eigenvalue weighted by atomic mass is 32.2. The fourth-order valence-corrected chi connectivity index (χ4v) is 3.58. The molecule has 0 aromatic rings. The Balaban J connectivity index is 5.61. The van der Waals surface area contributed by atoms with Crippen LogP contribution in [0.5, 0.6) is 0 Å². The molecule has 0 rings (SSSR count). The van der Waals surface area contributed by atoms with Crippen molar-refractivity contribution in [3.05, 3.63) is 0 Å². The lowest BCUT2D eigenvalue weighted by atomic mass is 9.95. The maximum absolute atomic E-state index is 13.1. The van der Waals surface area contributed by atoms with E-state index in [1.54, 1.807) is 13.8 Å². The highest BCUT2D eigenvalue weighted by Crippen LogP contribution is 2.13. The molecule has 0 heterocycles. The van der Waals surface area contributed by atoms with Gasteiger partial charge in [0, 0.05) is 6.42 Å². The second kappa shape index (κ2) is 16.3. The Morgan fingerprint density at radius 3 is 1.85 bits per heavy atom. The van der Waals surface area contributed by atoms with Gasteiger partial charge in [-0.25, -0.2) is 4.79 Å². The molecule has 0 spiro atoms. The third-order valence-electron chi connectivity index (χ3n) is 5.85. The second-order valence-corrected chi connectivity index (χ2v) is 9.52. The molecule has 0 aliphatic rings. The lowest BCUT2D eigenvalue weighted by Gasteiger charge is -2.29. The molecule has 0 aliphatic heterocycles. The summed E-state index contributed by atoms with van der Waals surface area (Å²) in [6, 6.07) is -4.12. The van der Waals surface area contributed by atoms with Crippen molar-refractivity contribution in [3.63, 3.8) is 0 Å². The number of nitrogens with one attached hydrogen (secondary N) is 3. The quantitative estimate of drug-likeness (QED) is 0.159. The van der Waals surface area contributed by atoms with E-state index in [4.69, 9.17) is 11.5 Å². The summed E-state index contributed by atoms with van der Waals surface area (Å²) in [6.45, 7) is 7.11. The average molecular weight is 504 g/mol. The van der Waals surface area contributed by atoms with Crippen molar-refractivity contribution in [1.82, 2.24) is 16.0 Å². The third-order valence-corrected chi connectivity index (χ3v) is 6.50. The number of carboxylic acid groups (broad SMARTS) is 1. The second-order valence-electron chi connectivity index (χ2n) is 8.54. The minimum Gasteiger partial charge on any atom is -0.480 e. The molecule has 0 aromatic heterocycles. The summed E-state index contributed by atoms with van der Waals surface area (Å²) < 4.78 is 0. The van der Waals surface area contributed by atoms with Crippen molar-refractivity contribution < 1.29 is 29.1 Å². The van der Waals surface area contributed by atoms with E-state index in [2.05, 4.69) is 16.0 Å². The molecule has 0 aliphatic carbocycles. The van der Waals surface area contributed by atoms with Gasteiger partial charge in [-0.2, -0.15) is 11.8 Å². The van der Waals surface area contributed by atoms with Gasteiger partial charge < -0.3 is 32.5 Å². The van der Waals surface area contributed by atoms with E-state index in [9.17, 15) is 29.1 Å². The maximum atomic E-state index is 13.1. The number of hydrogen-bond donors (Lipinski definition) is 6. The summed E-state index contributed by atoms with van der Waals surface area (Å²) >= 11 is 1.53. The van der Waals surface area contributed by atoms with Gasteiger partial charge in [0.2, 0.25) is 23.6 Å². The van der Waals surface area contributed by atoms with Crippen LogP contribution in [-0.4, -0.2) is 70.9 Å². The number of hydrogen-bond acceptors (Lipinski definition) is 7. The molecule has 6 unspecified atom stereocenters. The molecular formula is C22H41N5O6S. The van der Waals surface area contributed by atoms with E-state index in [-0.39, 0.29) is 24.7 Å². The Labute approximate surface area is 205 Å². The van der Waals surface area contributed by atoms with Crippen molar-refractivity contribution in [2.45, 2.75) is 84.0 Å². The first kappa shape index (κ1) is 31.7. The number of amides is 4. The molecule has 0 radical (unpaired) electrons. The fourth-order valence-electron chi connectivity index (χ4n) is 3.09. The molecule has 8 N–H and O–H groups in total. The van der Waals surface area contributed by atoms with Gasteiger partial charge in [-0.1, -0.05) is 40.5 Å². The van der Waals surface area contributed by atoms with Crippen molar-refractivity contribution in [2.24, 2.45) is 23.3 Å². The van der Waals surface area contributed by atoms with Gasteiger partial charge in [0.15, 0.2) is 0 Å². The topological polar surface area (TPSA) is 194 Å². The largest absolute Gasteiger partial charge is 0.480 e. The number of aliphatic carboxylic acids is 1. The van der Waals surface area contributed by atoms with E-state index in [1.807, 2.05) is 20.1 Å². The van der Waals surface area contributed by atoms with Gasteiger partial charge in [-0.3, -0.25) is 19.2 Å². The molecule has 196 valence electrons. The molecule has 0 saturated heterocycles. The normalized spacial score (nSPS) is 16.3. The van der Waals surface area contributed by atoms with Crippen molar-refractivity contribution in [1.29, 1.82) is 0 Å². The molecule has 0 saturated carbocycles. The number of thioether (sulfide) groups is 1. The molecule has 6 atom stereocenters. The van der Waals surface area contributed by atoms with Crippen LogP contribution in [0.4, 0.5) is 0 Å². The fraction of sp³-hybridized carbons (Fsp3) is 0.773. The lowest BCUT2D eigenvalue weighted by molar-refractivity contribution is -0.144. The highest BCUT2D eigenvalue weighted by Gasteiger charge is 2.34. The van der Waals surface area contributed by atoms with Crippen molar-refractivity contribution in [2.75, 3.05) is 12.0 Å². The molecule has 0 bridgehead atoms. The summed E-state index contributed by atoms with van der Waals surface area (Å²) in [5.74, 6) is -3.66. The molecule has 12 heteroatoms. The van der Waals surface area contributed by atoms with Crippen LogP contribution in [-0.2, 0) is 24.0 Å². The van der Waals surface area contributed by atoms with E-state index < -0.39 is 53.8 Å². The van der Waals surface area contributed by atoms with Crippen molar-refractivity contribution >= 4 is 41.4 Å². The number of nitrogens with two attached hydrogens (primary N) is 2. The first-order valence-electron chi connectivity index (χ1n) is 11.6. The predicted octanol–water partition coefficient (Wildman–Crippen LogP) is -0.0365. The summed E-state index contributed by atoms with van der Waals surface area (Å²) in [6.07, 6.45) is 3.12. The van der Waals surface area contributed by atoms with Gasteiger partial charge in [0.1, 0.15) is 18.1 Å². The van der Waals surface area contributed by atoms with E-state index in [0.29, 0.717) is 25.0 Å². The Morgan fingerprint density at radius 2 is 1.38 bits per heavy atom. The first-order valence-corrected chi connectivity index (χ1v) is 12.9. The van der Waals surface area contributed by atoms with Gasteiger partial charge in [0.05, 0.1) is 6.04 Å². The van der Waals surface area contributed by atoms with Gasteiger partial charge in [-0.15, -0.1) is 0 Å². The monoisotopic (exact) mass is 503 g/mol. The molecule has 34 heavy (non-hydrogen) atoms. The van der Waals surface area contributed by atoms with Crippen LogP contribution in [0.2, 0.25) is 0 Å². The Hall–Kier alpha value is -2.34. The highest BCUT2D eigenvalue weighted by molar-refractivity contribution is 7.98. The lowest BCUT2D eigenvalue weighted by Crippen LogP contribution is -2.59. The number of carbonyl (C=O) groups excluding carboxylic acids is 4. The molecule has 4 amide bonds.